The highest BCUT2D eigenvalue weighted by Gasteiger charge is 2.14. The van der Waals surface area contributed by atoms with Crippen molar-refractivity contribution in [2.24, 2.45) is 12.8 Å². The summed E-state index contributed by atoms with van der Waals surface area (Å²) in [5.74, 6) is 0.589. The van der Waals surface area contributed by atoms with Crippen LogP contribution in [0.1, 0.15) is 17.4 Å². The minimum absolute atomic E-state index is 0.274. The fourth-order valence-electron chi connectivity index (χ4n) is 1.51. The number of nitrogens with zero attached hydrogens (tertiary/aromatic N) is 4. The zero-order chi connectivity index (χ0) is 12.4. The predicted molar refractivity (Wildman–Crippen MR) is 65.9 cm³/mol. The number of halogens is 2. The van der Waals surface area contributed by atoms with Crippen molar-refractivity contribution in [3.05, 3.63) is 39.6 Å². The van der Waals surface area contributed by atoms with Gasteiger partial charge in [0.05, 0.1) is 7.05 Å². The molecule has 17 heavy (non-hydrogen) atoms. The molecule has 90 valence electrons. The molecule has 1 aromatic carbocycles. The minimum atomic E-state index is -0.274. The summed E-state index contributed by atoms with van der Waals surface area (Å²) in [6.45, 7) is 0. The Morgan fingerprint density at radius 3 is 2.76 bits per heavy atom. The summed E-state index contributed by atoms with van der Waals surface area (Å²) in [5, 5.41) is 12.8. The average Bonchev–Trinajstić information content (AvgIpc) is 2.63. The molecule has 1 heterocycles. The molecule has 0 saturated carbocycles. The topological polar surface area (TPSA) is 69.6 Å². The van der Waals surface area contributed by atoms with Crippen LogP contribution in [0.25, 0.3) is 0 Å². The monoisotopic (exact) mass is 271 g/mol. The molecule has 5 nitrogen and oxygen atoms in total. The van der Waals surface area contributed by atoms with Crippen LogP contribution in [-0.2, 0) is 13.5 Å². The van der Waals surface area contributed by atoms with Gasteiger partial charge in [0, 0.05) is 22.5 Å². The minimum Gasteiger partial charge on any atom is -0.324 e. The number of tetrazole rings is 1. The Bertz CT molecular complexity index is 525. The molecule has 0 bridgehead atoms. The molecule has 2 rings (SSSR count). The lowest BCUT2D eigenvalue weighted by molar-refractivity contribution is 0.622. The maximum atomic E-state index is 6.07. The molecule has 2 aromatic rings. The first-order chi connectivity index (χ1) is 8.06. The first-order valence-electron chi connectivity index (χ1n) is 4.99. The lowest BCUT2D eigenvalue weighted by Gasteiger charge is -2.11. The van der Waals surface area contributed by atoms with E-state index < -0.39 is 0 Å². The number of benzene rings is 1. The molecule has 0 amide bonds. The zero-order valence-electron chi connectivity index (χ0n) is 9.14. The van der Waals surface area contributed by atoms with E-state index in [9.17, 15) is 0 Å². The number of hydrogen-bond acceptors (Lipinski definition) is 4. The van der Waals surface area contributed by atoms with Crippen molar-refractivity contribution >= 4 is 23.2 Å². The van der Waals surface area contributed by atoms with Crippen LogP contribution in [0.15, 0.2) is 18.2 Å². The standard InChI is InChI=1S/C10H11Cl2N5/c1-17-15-10(14-16-17)5-9(13)7-3-2-6(11)4-8(7)12/h2-4,9H,5,13H2,1H3. The summed E-state index contributed by atoms with van der Waals surface area (Å²) in [6, 6.07) is 4.96. The molecular weight excluding hydrogens is 261 g/mol. The third-order valence-corrected chi connectivity index (χ3v) is 2.88. The van der Waals surface area contributed by atoms with Crippen LogP contribution in [0, 0.1) is 0 Å². The molecular formula is C10H11Cl2N5. The SMILES string of the molecule is Cn1nnc(CC(N)c2ccc(Cl)cc2Cl)n1. The summed E-state index contributed by atoms with van der Waals surface area (Å²) in [7, 11) is 1.71. The van der Waals surface area contributed by atoms with Crippen molar-refractivity contribution in [2.45, 2.75) is 12.5 Å². The fraction of sp³-hybridized carbons (Fsp3) is 0.300. The van der Waals surface area contributed by atoms with Gasteiger partial charge in [0.1, 0.15) is 0 Å². The largest absolute Gasteiger partial charge is 0.324 e. The molecule has 1 unspecified atom stereocenters. The first kappa shape index (κ1) is 12.3. The maximum Gasteiger partial charge on any atom is 0.176 e. The zero-order valence-corrected chi connectivity index (χ0v) is 10.7. The van der Waals surface area contributed by atoms with Crippen LogP contribution < -0.4 is 5.73 Å². The average molecular weight is 272 g/mol. The van der Waals surface area contributed by atoms with Crippen molar-refractivity contribution in [1.82, 2.24) is 20.2 Å². The van der Waals surface area contributed by atoms with Gasteiger partial charge < -0.3 is 5.73 Å². The van der Waals surface area contributed by atoms with E-state index in [2.05, 4.69) is 15.4 Å². The molecule has 7 heteroatoms. The van der Waals surface area contributed by atoms with Crippen molar-refractivity contribution in [1.29, 1.82) is 0 Å². The van der Waals surface area contributed by atoms with Gasteiger partial charge >= 0.3 is 0 Å². The van der Waals surface area contributed by atoms with Crippen LogP contribution in [0.2, 0.25) is 10.0 Å². The molecule has 1 aromatic heterocycles. The number of aromatic nitrogens is 4. The Morgan fingerprint density at radius 2 is 2.18 bits per heavy atom. The van der Waals surface area contributed by atoms with E-state index in [1.807, 2.05) is 6.07 Å². The Labute approximate surface area is 109 Å². The van der Waals surface area contributed by atoms with E-state index in [-0.39, 0.29) is 6.04 Å². The first-order valence-corrected chi connectivity index (χ1v) is 5.75. The molecule has 2 N–H and O–H groups in total. The van der Waals surface area contributed by atoms with Gasteiger partial charge in [0.25, 0.3) is 0 Å². The normalized spacial score (nSPS) is 12.7. The second-order valence-corrected chi connectivity index (χ2v) is 4.52. The number of aryl methyl sites for hydroxylation is 1. The molecule has 1 atom stereocenters. The van der Waals surface area contributed by atoms with E-state index >= 15 is 0 Å². The molecule has 0 saturated heterocycles. The number of rotatable bonds is 3. The van der Waals surface area contributed by atoms with E-state index in [0.717, 1.165) is 5.56 Å². The predicted octanol–water partition coefficient (Wildman–Crippen LogP) is 1.76. The maximum absolute atomic E-state index is 6.07. The number of hydrogen-bond donors (Lipinski definition) is 1. The van der Waals surface area contributed by atoms with Gasteiger partial charge in [-0.2, -0.15) is 4.80 Å². The second-order valence-electron chi connectivity index (χ2n) is 3.67. The summed E-state index contributed by atoms with van der Waals surface area (Å²) < 4.78 is 0. The molecule has 0 aliphatic heterocycles. The van der Waals surface area contributed by atoms with Crippen LogP contribution in [0.3, 0.4) is 0 Å². The van der Waals surface area contributed by atoms with Gasteiger partial charge in [-0.15, -0.1) is 10.2 Å². The lowest BCUT2D eigenvalue weighted by atomic mass is 10.0. The quantitative estimate of drug-likeness (QED) is 0.924. The van der Waals surface area contributed by atoms with Gasteiger partial charge in [-0.1, -0.05) is 29.3 Å². The Morgan fingerprint density at radius 1 is 1.41 bits per heavy atom. The fourth-order valence-corrected chi connectivity index (χ4v) is 2.06. The summed E-state index contributed by atoms with van der Waals surface area (Å²) >= 11 is 11.9. The third kappa shape index (κ3) is 2.94. The Kier molecular flexibility index (Phi) is 3.61. The van der Waals surface area contributed by atoms with Crippen molar-refractivity contribution in [2.75, 3.05) is 0 Å². The summed E-state index contributed by atoms with van der Waals surface area (Å²) in [4.78, 5) is 1.39. The molecule has 0 aliphatic rings. The van der Waals surface area contributed by atoms with Crippen molar-refractivity contribution in [3.63, 3.8) is 0 Å². The van der Waals surface area contributed by atoms with Crippen LogP contribution in [-0.4, -0.2) is 20.2 Å². The molecule has 0 spiro atoms. The van der Waals surface area contributed by atoms with Gasteiger partial charge in [-0.25, -0.2) is 0 Å². The third-order valence-electron chi connectivity index (χ3n) is 2.31. The van der Waals surface area contributed by atoms with Gasteiger partial charge in [0.15, 0.2) is 5.82 Å². The van der Waals surface area contributed by atoms with Gasteiger partial charge in [-0.3, -0.25) is 0 Å². The highest BCUT2D eigenvalue weighted by atomic mass is 35.5. The summed E-state index contributed by atoms with van der Waals surface area (Å²) in [5.41, 5.74) is 6.87. The van der Waals surface area contributed by atoms with Crippen LogP contribution in [0.5, 0.6) is 0 Å². The van der Waals surface area contributed by atoms with E-state index in [1.54, 1.807) is 19.2 Å². The van der Waals surface area contributed by atoms with Crippen LogP contribution >= 0.6 is 23.2 Å². The number of nitrogens with two attached hydrogens (primary N) is 1. The highest BCUT2D eigenvalue weighted by molar-refractivity contribution is 6.35. The van der Waals surface area contributed by atoms with E-state index in [1.165, 1.54) is 4.80 Å². The molecule has 0 aliphatic carbocycles. The van der Waals surface area contributed by atoms with E-state index in [4.69, 9.17) is 28.9 Å². The smallest absolute Gasteiger partial charge is 0.176 e. The lowest BCUT2D eigenvalue weighted by Crippen LogP contribution is -2.15. The van der Waals surface area contributed by atoms with E-state index in [0.29, 0.717) is 22.3 Å². The highest BCUT2D eigenvalue weighted by Crippen LogP contribution is 2.26. The Hall–Kier alpha value is -1.17. The van der Waals surface area contributed by atoms with Gasteiger partial charge in [-0.05, 0) is 22.9 Å². The molecule has 0 fully saturated rings. The Balaban J connectivity index is 2.17. The molecule has 0 radical (unpaired) electrons. The van der Waals surface area contributed by atoms with Crippen LogP contribution in [0.4, 0.5) is 0 Å². The second kappa shape index (κ2) is 5.00. The van der Waals surface area contributed by atoms with Gasteiger partial charge in [0.2, 0.25) is 0 Å². The van der Waals surface area contributed by atoms with Crippen molar-refractivity contribution in [3.8, 4) is 0 Å². The van der Waals surface area contributed by atoms with Crippen molar-refractivity contribution < 1.29 is 0 Å². The summed E-state index contributed by atoms with van der Waals surface area (Å²) in [6.07, 6.45) is 0.481.